The standard InChI is InChI=1S/C18H15N5O3/c1-2-13-22-15(14-12(18(25)26)9-21-16(14)23-13)10-4-3-5-11(8-10)17(24)20-7-6-19/h3-5,8-9H,2,7H2,1H3,(H,20,24)(H,25,26)(H,21,22,23). The minimum absolute atomic E-state index is 0.0667. The first-order valence-corrected chi connectivity index (χ1v) is 7.92. The van der Waals surface area contributed by atoms with Crippen molar-refractivity contribution in [2.75, 3.05) is 6.54 Å². The summed E-state index contributed by atoms with van der Waals surface area (Å²) in [5.74, 6) is -0.916. The zero-order valence-electron chi connectivity index (χ0n) is 13.9. The van der Waals surface area contributed by atoms with Crippen LogP contribution >= 0.6 is 0 Å². The molecule has 3 N–H and O–H groups in total. The number of carboxylic acid groups (broad SMARTS) is 1. The Labute approximate surface area is 148 Å². The number of carbonyl (C=O) groups excluding carboxylic acids is 1. The molecular weight excluding hydrogens is 334 g/mol. The Kier molecular flexibility index (Phi) is 4.62. The minimum Gasteiger partial charge on any atom is -0.478 e. The third-order valence-corrected chi connectivity index (χ3v) is 3.85. The second kappa shape index (κ2) is 7.03. The van der Waals surface area contributed by atoms with Crippen LogP contribution in [-0.4, -0.2) is 38.5 Å². The molecular formula is C18H15N5O3. The molecule has 0 atom stereocenters. The molecule has 130 valence electrons. The van der Waals surface area contributed by atoms with Crippen LogP contribution in [0, 0.1) is 11.3 Å². The summed E-state index contributed by atoms with van der Waals surface area (Å²) >= 11 is 0. The molecule has 0 aliphatic heterocycles. The number of aromatic carboxylic acids is 1. The van der Waals surface area contributed by atoms with Gasteiger partial charge in [0.2, 0.25) is 0 Å². The monoisotopic (exact) mass is 349 g/mol. The number of nitrogens with one attached hydrogen (secondary N) is 2. The van der Waals surface area contributed by atoms with Crippen molar-refractivity contribution in [3.63, 3.8) is 0 Å². The SMILES string of the molecule is CCc1nc(-c2cccc(C(=O)NCC#N)c2)c2c(C(=O)O)c[nH]c2n1. The largest absolute Gasteiger partial charge is 0.478 e. The van der Waals surface area contributed by atoms with E-state index in [0.29, 0.717) is 40.1 Å². The van der Waals surface area contributed by atoms with Crippen molar-refractivity contribution in [2.24, 2.45) is 0 Å². The fourth-order valence-electron chi connectivity index (χ4n) is 2.64. The van der Waals surface area contributed by atoms with Gasteiger partial charge < -0.3 is 15.4 Å². The van der Waals surface area contributed by atoms with E-state index in [1.807, 2.05) is 13.0 Å². The van der Waals surface area contributed by atoms with E-state index >= 15 is 0 Å². The molecule has 3 rings (SSSR count). The molecule has 0 saturated carbocycles. The number of nitrogens with zero attached hydrogens (tertiary/aromatic N) is 3. The number of carboxylic acids is 1. The van der Waals surface area contributed by atoms with Crippen LogP contribution in [-0.2, 0) is 6.42 Å². The number of nitriles is 1. The van der Waals surface area contributed by atoms with Gasteiger partial charge in [0.1, 0.15) is 18.0 Å². The molecule has 0 aliphatic rings. The summed E-state index contributed by atoms with van der Waals surface area (Å²) in [7, 11) is 0. The molecule has 2 heterocycles. The number of fused-ring (bicyclic) bond motifs is 1. The summed E-state index contributed by atoms with van der Waals surface area (Å²) in [5.41, 5.74) is 1.90. The van der Waals surface area contributed by atoms with Gasteiger partial charge >= 0.3 is 5.97 Å². The zero-order valence-corrected chi connectivity index (χ0v) is 13.9. The summed E-state index contributed by atoms with van der Waals surface area (Å²) in [6, 6.07) is 8.52. The molecule has 0 aliphatic carbocycles. The number of hydrogen-bond acceptors (Lipinski definition) is 5. The van der Waals surface area contributed by atoms with Gasteiger partial charge in [-0.2, -0.15) is 5.26 Å². The quantitative estimate of drug-likeness (QED) is 0.605. The highest BCUT2D eigenvalue weighted by molar-refractivity contribution is 6.08. The number of aromatic nitrogens is 3. The number of aryl methyl sites for hydroxylation is 1. The van der Waals surface area contributed by atoms with E-state index in [-0.39, 0.29) is 18.0 Å². The van der Waals surface area contributed by atoms with Crippen LogP contribution in [0.15, 0.2) is 30.5 Å². The lowest BCUT2D eigenvalue weighted by atomic mass is 10.0. The van der Waals surface area contributed by atoms with E-state index < -0.39 is 5.97 Å². The number of benzene rings is 1. The van der Waals surface area contributed by atoms with Crippen molar-refractivity contribution in [1.82, 2.24) is 20.3 Å². The topological polar surface area (TPSA) is 132 Å². The maximum atomic E-state index is 12.1. The van der Waals surface area contributed by atoms with Gasteiger partial charge in [-0.1, -0.05) is 19.1 Å². The smallest absolute Gasteiger partial charge is 0.338 e. The molecule has 1 amide bonds. The lowest BCUT2D eigenvalue weighted by molar-refractivity contribution is 0.0698. The van der Waals surface area contributed by atoms with Crippen molar-refractivity contribution in [3.05, 3.63) is 47.4 Å². The average molecular weight is 349 g/mol. The molecule has 26 heavy (non-hydrogen) atoms. The van der Waals surface area contributed by atoms with Crippen LogP contribution in [0.5, 0.6) is 0 Å². The van der Waals surface area contributed by atoms with Gasteiger partial charge in [-0.05, 0) is 12.1 Å². The molecule has 8 heteroatoms. The predicted molar refractivity (Wildman–Crippen MR) is 93.6 cm³/mol. The molecule has 0 saturated heterocycles. The Balaban J connectivity index is 2.18. The number of rotatable bonds is 5. The van der Waals surface area contributed by atoms with Gasteiger partial charge in [-0.3, -0.25) is 4.79 Å². The normalized spacial score (nSPS) is 10.5. The summed E-state index contributed by atoms with van der Waals surface area (Å²) in [5, 5.41) is 20.9. The Morgan fingerprint density at radius 1 is 1.35 bits per heavy atom. The Morgan fingerprint density at radius 2 is 2.15 bits per heavy atom. The molecule has 2 aromatic heterocycles. The molecule has 0 radical (unpaired) electrons. The van der Waals surface area contributed by atoms with E-state index in [1.165, 1.54) is 6.20 Å². The number of H-pyrrole nitrogens is 1. The van der Waals surface area contributed by atoms with E-state index in [1.54, 1.807) is 24.3 Å². The van der Waals surface area contributed by atoms with E-state index in [4.69, 9.17) is 5.26 Å². The first-order valence-electron chi connectivity index (χ1n) is 7.92. The molecule has 0 spiro atoms. The zero-order chi connectivity index (χ0) is 18.7. The predicted octanol–water partition coefficient (Wildman–Crippen LogP) is 2.14. The lowest BCUT2D eigenvalue weighted by Gasteiger charge is -2.08. The van der Waals surface area contributed by atoms with Crippen molar-refractivity contribution in [2.45, 2.75) is 13.3 Å². The molecule has 0 bridgehead atoms. The van der Waals surface area contributed by atoms with Gasteiger partial charge in [0.15, 0.2) is 0 Å². The highest BCUT2D eigenvalue weighted by Crippen LogP contribution is 2.29. The summed E-state index contributed by atoms with van der Waals surface area (Å²) in [4.78, 5) is 35.3. The van der Waals surface area contributed by atoms with Crippen molar-refractivity contribution < 1.29 is 14.7 Å². The van der Waals surface area contributed by atoms with Crippen LogP contribution in [0.25, 0.3) is 22.3 Å². The Morgan fingerprint density at radius 3 is 2.85 bits per heavy atom. The molecule has 0 unspecified atom stereocenters. The van der Waals surface area contributed by atoms with E-state index in [0.717, 1.165) is 0 Å². The van der Waals surface area contributed by atoms with Gasteiger partial charge in [-0.15, -0.1) is 0 Å². The van der Waals surface area contributed by atoms with Crippen LogP contribution in [0.4, 0.5) is 0 Å². The average Bonchev–Trinajstić information content (AvgIpc) is 3.09. The van der Waals surface area contributed by atoms with Crippen LogP contribution in [0.3, 0.4) is 0 Å². The summed E-state index contributed by atoms with van der Waals surface area (Å²) < 4.78 is 0. The minimum atomic E-state index is -1.09. The molecule has 3 aromatic rings. The summed E-state index contributed by atoms with van der Waals surface area (Å²) in [6.45, 7) is 1.81. The first kappa shape index (κ1) is 17.1. The van der Waals surface area contributed by atoms with E-state index in [2.05, 4.69) is 20.3 Å². The number of carbonyl (C=O) groups is 2. The second-order valence-electron chi connectivity index (χ2n) is 5.49. The number of amides is 1. The maximum Gasteiger partial charge on any atom is 0.338 e. The molecule has 1 aromatic carbocycles. The number of hydrogen-bond donors (Lipinski definition) is 3. The highest BCUT2D eigenvalue weighted by atomic mass is 16.4. The fourth-order valence-corrected chi connectivity index (χ4v) is 2.64. The van der Waals surface area contributed by atoms with Crippen LogP contribution < -0.4 is 5.32 Å². The molecule has 0 fully saturated rings. The van der Waals surface area contributed by atoms with Crippen molar-refractivity contribution in [3.8, 4) is 17.3 Å². The third-order valence-electron chi connectivity index (χ3n) is 3.85. The Bertz CT molecular complexity index is 1050. The third kappa shape index (κ3) is 3.10. The van der Waals surface area contributed by atoms with Crippen molar-refractivity contribution >= 4 is 22.9 Å². The van der Waals surface area contributed by atoms with Crippen LogP contribution in [0.1, 0.15) is 33.5 Å². The second-order valence-corrected chi connectivity index (χ2v) is 5.49. The lowest BCUT2D eigenvalue weighted by Crippen LogP contribution is -2.23. The van der Waals surface area contributed by atoms with Gasteiger partial charge in [0.25, 0.3) is 5.91 Å². The van der Waals surface area contributed by atoms with E-state index in [9.17, 15) is 14.7 Å². The Hall–Kier alpha value is -3.73. The van der Waals surface area contributed by atoms with Gasteiger partial charge in [0, 0.05) is 23.7 Å². The van der Waals surface area contributed by atoms with Gasteiger partial charge in [0.05, 0.1) is 22.7 Å². The maximum absolute atomic E-state index is 12.1. The first-order chi connectivity index (χ1) is 12.5. The van der Waals surface area contributed by atoms with Crippen LogP contribution in [0.2, 0.25) is 0 Å². The fraction of sp³-hybridized carbons (Fsp3) is 0.167. The van der Waals surface area contributed by atoms with Gasteiger partial charge in [-0.25, -0.2) is 14.8 Å². The van der Waals surface area contributed by atoms with Crippen molar-refractivity contribution in [1.29, 1.82) is 5.26 Å². The highest BCUT2D eigenvalue weighted by Gasteiger charge is 2.19. The molecule has 8 nitrogen and oxygen atoms in total. The number of aromatic amines is 1. The summed E-state index contributed by atoms with van der Waals surface area (Å²) in [6.07, 6.45) is 1.96.